The maximum atomic E-state index is 12.6. The highest BCUT2D eigenvalue weighted by Crippen LogP contribution is 2.27. The Bertz CT molecular complexity index is 746. The van der Waals surface area contributed by atoms with Crippen molar-refractivity contribution in [2.75, 3.05) is 25.0 Å². The van der Waals surface area contributed by atoms with Gasteiger partial charge in [-0.05, 0) is 48.6 Å². The molecule has 0 bridgehead atoms. The molecule has 2 amide bonds. The van der Waals surface area contributed by atoms with Crippen LogP contribution in [0.1, 0.15) is 24.0 Å². The highest BCUT2D eigenvalue weighted by molar-refractivity contribution is 6.05. The average molecular weight is 337 g/mol. The average Bonchev–Trinajstić information content (AvgIpc) is 2.66. The van der Waals surface area contributed by atoms with Crippen LogP contribution in [0.25, 0.3) is 0 Å². The third-order valence-corrected chi connectivity index (χ3v) is 4.62. The zero-order chi connectivity index (χ0) is 17.6. The molecule has 3 rings (SSSR count). The zero-order valence-electron chi connectivity index (χ0n) is 14.5. The second kappa shape index (κ2) is 7.92. The van der Waals surface area contributed by atoms with E-state index in [1.165, 1.54) is 5.56 Å². The summed E-state index contributed by atoms with van der Waals surface area (Å²) in [6, 6.07) is 11.8. The second-order valence-corrected chi connectivity index (χ2v) is 6.38. The molecule has 1 aliphatic heterocycles. The Labute approximate surface area is 148 Å². The number of likely N-dealkylation sites (N-methyl/N-ethyl adjacent to an activating group) is 1. The zero-order valence-corrected chi connectivity index (χ0v) is 14.5. The summed E-state index contributed by atoms with van der Waals surface area (Å²) in [6.45, 7) is 1.27. The lowest BCUT2D eigenvalue weighted by molar-refractivity contribution is -0.134. The van der Waals surface area contributed by atoms with E-state index in [0.29, 0.717) is 13.1 Å². The molecular weight excluding hydrogens is 314 g/mol. The summed E-state index contributed by atoms with van der Waals surface area (Å²) in [5.74, 6) is -0.255. The fourth-order valence-corrected chi connectivity index (χ4v) is 3.12. The second-order valence-electron chi connectivity index (χ2n) is 6.38. The molecule has 5 heteroatoms. The summed E-state index contributed by atoms with van der Waals surface area (Å²) in [4.78, 5) is 32.4. The quantitative estimate of drug-likeness (QED) is 0.788. The third kappa shape index (κ3) is 4.24. The first-order chi connectivity index (χ1) is 12.1. The summed E-state index contributed by atoms with van der Waals surface area (Å²) in [6.07, 6.45) is 6.09. The minimum atomic E-state index is -0.137. The highest BCUT2D eigenvalue weighted by Gasteiger charge is 2.24. The largest absolute Gasteiger partial charge is 0.345 e. The number of nitrogens with zero attached hydrogens (tertiary/aromatic N) is 3. The molecule has 0 saturated heterocycles. The summed E-state index contributed by atoms with van der Waals surface area (Å²) in [5, 5.41) is 0. The van der Waals surface area contributed by atoms with Gasteiger partial charge in [0.2, 0.25) is 11.8 Å². The molecule has 0 spiro atoms. The van der Waals surface area contributed by atoms with Gasteiger partial charge in [-0.15, -0.1) is 0 Å². The van der Waals surface area contributed by atoms with Gasteiger partial charge >= 0.3 is 0 Å². The maximum Gasteiger partial charge on any atom is 0.236 e. The molecule has 0 atom stereocenters. The van der Waals surface area contributed by atoms with Gasteiger partial charge in [0.25, 0.3) is 0 Å². The van der Waals surface area contributed by atoms with Crippen molar-refractivity contribution >= 4 is 17.5 Å². The smallest absolute Gasteiger partial charge is 0.236 e. The molecule has 5 nitrogen and oxygen atoms in total. The van der Waals surface area contributed by atoms with Crippen LogP contribution in [0.5, 0.6) is 0 Å². The SMILES string of the molecule is CN(CCc1ccncc1)C(=O)CC(=O)N1CCCc2ccccc21. The third-order valence-electron chi connectivity index (χ3n) is 4.62. The molecule has 0 unspecified atom stereocenters. The fourth-order valence-electron chi connectivity index (χ4n) is 3.12. The topological polar surface area (TPSA) is 53.5 Å². The van der Waals surface area contributed by atoms with E-state index in [0.717, 1.165) is 30.5 Å². The number of hydrogen-bond donors (Lipinski definition) is 0. The van der Waals surface area contributed by atoms with Gasteiger partial charge in [-0.1, -0.05) is 18.2 Å². The van der Waals surface area contributed by atoms with Crippen molar-refractivity contribution in [3.63, 3.8) is 0 Å². The summed E-state index contributed by atoms with van der Waals surface area (Å²) in [7, 11) is 1.75. The number of amides is 2. The van der Waals surface area contributed by atoms with E-state index in [2.05, 4.69) is 11.1 Å². The van der Waals surface area contributed by atoms with E-state index in [1.807, 2.05) is 30.3 Å². The molecule has 2 heterocycles. The number of anilines is 1. The molecule has 1 aliphatic rings. The monoisotopic (exact) mass is 337 g/mol. The van der Waals surface area contributed by atoms with Gasteiger partial charge < -0.3 is 9.80 Å². The molecule has 0 radical (unpaired) electrons. The van der Waals surface area contributed by atoms with Crippen LogP contribution in [0.3, 0.4) is 0 Å². The van der Waals surface area contributed by atoms with Gasteiger partial charge in [0, 0.05) is 38.2 Å². The van der Waals surface area contributed by atoms with Crippen molar-refractivity contribution in [1.29, 1.82) is 0 Å². The first-order valence-electron chi connectivity index (χ1n) is 8.66. The van der Waals surface area contributed by atoms with Gasteiger partial charge in [0.15, 0.2) is 0 Å². The van der Waals surface area contributed by atoms with Crippen LogP contribution < -0.4 is 4.90 Å². The standard InChI is InChI=1S/C20H23N3O2/c1-22(14-10-16-8-11-21-12-9-16)19(24)15-20(25)23-13-4-6-17-5-2-3-7-18(17)23/h2-3,5,7-9,11-12H,4,6,10,13-15H2,1H3. The van der Waals surface area contributed by atoms with Gasteiger partial charge in [0.1, 0.15) is 6.42 Å². The van der Waals surface area contributed by atoms with Crippen molar-refractivity contribution in [2.45, 2.75) is 25.7 Å². The predicted octanol–water partition coefficient (Wildman–Crippen LogP) is 2.45. The number of para-hydroxylation sites is 1. The van der Waals surface area contributed by atoms with E-state index in [-0.39, 0.29) is 18.2 Å². The number of aromatic nitrogens is 1. The van der Waals surface area contributed by atoms with Crippen LogP contribution in [0.2, 0.25) is 0 Å². The summed E-state index contributed by atoms with van der Waals surface area (Å²) in [5.41, 5.74) is 3.26. The number of hydrogen-bond acceptors (Lipinski definition) is 3. The van der Waals surface area contributed by atoms with Crippen molar-refractivity contribution in [3.8, 4) is 0 Å². The van der Waals surface area contributed by atoms with Crippen LogP contribution in [0.4, 0.5) is 5.69 Å². The number of carbonyl (C=O) groups excluding carboxylic acids is 2. The van der Waals surface area contributed by atoms with Crippen LogP contribution >= 0.6 is 0 Å². The number of benzene rings is 1. The number of rotatable bonds is 5. The molecule has 1 aromatic heterocycles. The minimum Gasteiger partial charge on any atom is -0.345 e. The Morgan fingerprint density at radius 3 is 2.72 bits per heavy atom. The Morgan fingerprint density at radius 1 is 1.16 bits per heavy atom. The Morgan fingerprint density at radius 2 is 1.92 bits per heavy atom. The van der Waals surface area contributed by atoms with Crippen molar-refractivity contribution < 1.29 is 9.59 Å². The van der Waals surface area contributed by atoms with E-state index < -0.39 is 0 Å². The first-order valence-corrected chi connectivity index (χ1v) is 8.66. The van der Waals surface area contributed by atoms with Gasteiger partial charge in [0.05, 0.1) is 0 Å². The summed E-state index contributed by atoms with van der Waals surface area (Å²) < 4.78 is 0. The van der Waals surface area contributed by atoms with E-state index in [1.54, 1.807) is 29.2 Å². The lowest BCUT2D eigenvalue weighted by Gasteiger charge is -2.30. The van der Waals surface area contributed by atoms with E-state index in [9.17, 15) is 9.59 Å². The van der Waals surface area contributed by atoms with Crippen LogP contribution in [-0.4, -0.2) is 41.8 Å². The molecule has 0 N–H and O–H groups in total. The van der Waals surface area contributed by atoms with Gasteiger partial charge in [-0.2, -0.15) is 0 Å². The van der Waals surface area contributed by atoms with Crippen LogP contribution in [0.15, 0.2) is 48.8 Å². The molecule has 0 fully saturated rings. The summed E-state index contributed by atoms with van der Waals surface area (Å²) >= 11 is 0. The fraction of sp³-hybridized carbons (Fsp3) is 0.350. The first kappa shape index (κ1) is 17.1. The van der Waals surface area contributed by atoms with Gasteiger partial charge in [-0.25, -0.2) is 0 Å². The van der Waals surface area contributed by atoms with Crippen LogP contribution in [0, 0.1) is 0 Å². The Balaban J connectivity index is 1.56. The number of pyridine rings is 1. The minimum absolute atomic E-state index is 0.0822. The van der Waals surface area contributed by atoms with Crippen molar-refractivity contribution in [3.05, 3.63) is 59.9 Å². The van der Waals surface area contributed by atoms with E-state index >= 15 is 0 Å². The van der Waals surface area contributed by atoms with Gasteiger partial charge in [-0.3, -0.25) is 14.6 Å². The number of carbonyl (C=O) groups is 2. The molecule has 0 aliphatic carbocycles. The van der Waals surface area contributed by atoms with Crippen LogP contribution in [-0.2, 0) is 22.4 Å². The van der Waals surface area contributed by atoms with Crippen molar-refractivity contribution in [2.24, 2.45) is 0 Å². The molecule has 1 aromatic carbocycles. The maximum absolute atomic E-state index is 12.6. The molecule has 0 saturated carbocycles. The molecular formula is C20H23N3O2. The highest BCUT2D eigenvalue weighted by atomic mass is 16.2. The molecule has 2 aromatic rings. The number of fused-ring (bicyclic) bond motifs is 1. The lowest BCUT2D eigenvalue weighted by atomic mass is 10.0. The molecule has 25 heavy (non-hydrogen) atoms. The number of aryl methyl sites for hydroxylation is 1. The lowest BCUT2D eigenvalue weighted by Crippen LogP contribution is -2.39. The predicted molar refractivity (Wildman–Crippen MR) is 97.3 cm³/mol. The van der Waals surface area contributed by atoms with Crippen molar-refractivity contribution in [1.82, 2.24) is 9.88 Å². The normalized spacial score (nSPS) is 13.2. The molecule has 130 valence electrons. The van der Waals surface area contributed by atoms with E-state index in [4.69, 9.17) is 0 Å². The Kier molecular flexibility index (Phi) is 5.43. The Hall–Kier alpha value is -2.69.